The molecule has 0 saturated heterocycles. The number of aromatic amines is 4. The summed E-state index contributed by atoms with van der Waals surface area (Å²) in [5.41, 5.74) is 7.49. The van der Waals surface area contributed by atoms with Gasteiger partial charge in [-0.2, -0.15) is 0 Å². The van der Waals surface area contributed by atoms with Crippen molar-refractivity contribution in [2.75, 3.05) is 0 Å². The standard InChI is InChI=1S/C32H18N8S8/c1-3-17-19(9-15(1)23-13-45-31(47-23)29-41-5-6-42-29)37-27(35-17)25-33-11-21(39-25)22-12-34-26(40-22)28-36-18-4-2-16(10-20(18)38-28)24-14-46-32(48-24)30-43-7-8-44-30/h1-14H,(H,33,39)(H,34,40)(H,35,37)(H,36,38). The van der Waals surface area contributed by atoms with Gasteiger partial charge in [0.1, 0.15) is 11.4 Å². The first-order valence-corrected chi connectivity index (χ1v) is 21.3. The van der Waals surface area contributed by atoms with Crippen molar-refractivity contribution in [3.05, 3.63) is 109 Å². The van der Waals surface area contributed by atoms with Gasteiger partial charge < -0.3 is 19.9 Å². The first-order valence-electron chi connectivity index (χ1n) is 14.4. The third-order valence-corrected chi connectivity index (χ3v) is 17.6. The van der Waals surface area contributed by atoms with Gasteiger partial charge in [0.15, 0.2) is 23.3 Å². The fraction of sp³-hybridized carbons (Fsp3) is 0. The molecule has 234 valence electrons. The number of thioether (sulfide) groups is 8. The van der Waals surface area contributed by atoms with Crippen LogP contribution in [0.15, 0.2) is 98.2 Å². The number of benzene rings is 2. The third kappa shape index (κ3) is 5.55. The van der Waals surface area contributed by atoms with Crippen molar-refractivity contribution in [3.8, 4) is 34.7 Å². The zero-order valence-electron chi connectivity index (χ0n) is 24.1. The number of imidazole rings is 4. The second kappa shape index (κ2) is 12.4. The molecule has 4 aromatic heterocycles. The molecule has 0 spiro atoms. The Morgan fingerprint density at radius 1 is 0.458 bits per heavy atom. The summed E-state index contributed by atoms with van der Waals surface area (Å²) in [7, 11) is 0. The summed E-state index contributed by atoms with van der Waals surface area (Å²) in [5, 5.41) is 13.0. The Balaban J connectivity index is 0.864. The fourth-order valence-electron chi connectivity index (χ4n) is 5.24. The van der Waals surface area contributed by atoms with Crippen LogP contribution < -0.4 is 0 Å². The van der Waals surface area contributed by atoms with Crippen molar-refractivity contribution in [3.63, 3.8) is 0 Å². The van der Waals surface area contributed by atoms with Gasteiger partial charge in [-0.05, 0) is 67.8 Å². The van der Waals surface area contributed by atoms with Crippen molar-refractivity contribution in [1.29, 1.82) is 0 Å². The van der Waals surface area contributed by atoms with Gasteiger partial charge in [-0.3, -0.25) is 0 Å². The maximum Gasteiger partial charge on any atom is 0.174 e. The van der Waals surface area contributed by atoms with E-state index in [4.69, 9.17) is 19.9 Å². The van der Waals surface area contributed by atoms with Crippen molar-refractivity contribution in [2.45, 2.75) is 0 Å². The van der Waals surface area contributed by atoms with Crippen LogP contribution in [0.5, 0.6) is 0 Å². The van der Waals surface area contributed by atoms with Crippen molar-refractivity contribution in [1.82, 2.24) is 39.9 Å². The highest BCUT2D eigenvalue weighted by molar-refractivity contribution is 8.35. The van der Waals surface area contributed by atoms with Crippen LogP contribution in [0, 0.1) is 0 Å². The van der Waals surface area contributed by atoms with Gasteiger partial charge in [0.25, 0.3) is 0 Å². The minimum absolute atomic E-state index is 0.654. The Labute approximate surface area is 307 Å². The molecule has 0 bridgehead atoms. The van der Waals surface area contributed by atoms with Crippen LogP contribution >= 0.6 is 94.1 Å². The van der Waals surface area contributed by atoms with Crippen molar-refractivity contribution in [2.24, 2.45) is 0 Å². The van der Waals surface area contributed by atoms with Crippen LogP contribution in [0.3, 0.4) is 0 Å². The second-order valence-electron chi connectivity index (χ2n) is 10.5. The van der Waals surface area contributed by atoms with E-state index >= 15 is 0 Å². The van der Waals surface area contributed by atoms with Crippen LogP contribution in [-0.2, 0) is 0 Å². The number of hydrogen-bond acceptors (Lipinski definition) is 12. The zero-order valence-corrected chi connectivity index (χ0v) is 30.7. The highest BCUT2D eigenvalue weighted by Crippen LogP contribution is 2.57. The number of rotatable bonds is 5. The average molecular weight is 771 g/mol. The number of hydrogen-bond donors (Lipinski definition) is 4. The summed E-state index contributed by atoms with van der Waals surface area (Å²) in [6.45, 7) is 0. The van der Waals surface area contributed by atoms with E-state index in [2.05, 4.69) is 88.8 Å². The molecular weight excluding hydrogens is 753 g/mol. The summed E-state index contributed by atoms with van der Waals surface area (Å²) in [6, 6.07) is 12.7. The topological polar surface area (TPSA) is 115 Å². The number of aromatic nitrogens is 8. The molecule has 6 aromatic rings. The van der Waals surface area contributed by atoms with E-state index in [1.54, 1.807) is 70.6 Å². The molecule has 0 unspecified atom stereocenters. The summed E-state index contributed by atoms with van der Waals surface area (Å²) in [6.07, 6.45) is 3.71. The van der Waals surface area contributed by atoms with E-state index in [0.29, 0.717) is 23.3 Å². The van der Waals surface area contributed by atoms with E-state index < -0.39 is 0 Å². The van der Waals surface area contributed by atoms with Crippen molar-refractivity contribution < 1.29 is 0 Å². The van der Waals surface area contributed by atoms with Gasteiger partial charge in [0, 0.05) is 22.2 Å². The summed E-state index contributed by atoms with van der Waals surface area (Å²) < 4.78 is 5.38. The fourth-order valence-corrected chi connectivity index (χ4v) is 14.2. The molecule has 10 rings (SSSR count). The molecule has 0 radical (unpaired) electrons. The maximum absolute atomic E-state index is 4.88. The highest BCUT2D eigenvalue weighted by Gasteiger charge is 2.22. The predicted molar refractivity (Wildman–Crippen MR) is 215 cm³/mol. The Morgan fingerprint density at radius 3 is 1.38 bits per heavy atom. The summed E-state index contributed by atoms with van der Waals surface area (Å²) in [5.74, 6) is 2.67. The quantitative estimate of drug-likeness (QED) is 0.134. The summed E-state index contributed by atoms with van der Waals surface area (Å²) >= 11 is 14.4. The maximum atomic E-state index is 4.88. The molecule has 2 aromatic carbocycles. The Morgan fingerprint density at radius 2 is 0.917 bits per heavy atom. The molecule has 4 aliphatic heterocycles. The van der Waals surface area contributed by atoms with Crippen LogP contribution in [0.4, 0.5) is 0 Å². The summed E-state index contributed by atoms with van der Waals surface area (Å²) in [4.78, 5) is 35.3. The molecule has 48 heavy (non-hydrogen) atoms. The van der Waals surface area contributed by atoms with Gasteiger partial charge in [-0.25, -0.2) is 19.9 Å². The Bertz CT molecular complexity index is 2300. The first kappa shape index (κ1) is 29.9. The molecule has 8 heterocycles. The normalized spacial score (nSPS) is 17.7. The van der Waals surface area contributed by atoms with Gasteiger partial charge in [0.2, 0.25) is 0 Å². The molecule has 0 atom stereocenters. The first-order chi connectivity index (χ1) is 23.7. The number of nitrogens with zero attached hydrogens (tertiary/aromatic N) is 4. The molecule has 0 amide bonds. The molecule has 0 saturated carbocycles. The lowest BCUT2D eigenvalue weighted by Crippen LogP contribution is -1.84. The molecule has 8 nitrogen and oxygen atoms in total. The number of H-pyrrole nitrogens is 4. The molecule has 4 N–H and O–H groups in total. The SMILES string of the molecule is C1=CSC(=C2SC=C(c3ccc4[nH]c(-c5nc(-c6c[nH]c(-c7nc8cc(C9=CSC(=C%10SC=CS%10)S9)ccc8[nH]7)n6)c[nH]5)nc4c3)S2)S1. The average Bonchev–Trinajstić information content (AvgIpc) is 3.95. The molecule has 0 fully saturated rings. The monoisotopic (exact) mass is 770 g/mol. The Hall–Kier alpha value is -2.96. The van der Waals surface area contributed by atoms with Gasteiger partial charge in [-0.1, -0.05) is 106 Å². The van der Waals surface area contributed by atoms with Gasteiger partial charge in [0.05, 0.1) is 39.0 Å². The smallest absolute Gasteiger partial charge is 0.174 e. The van der Waals surface area contributed by atoms with Crippen LogP contribution in [-0.4, -0.2) is 39.9 Å². The lowest BCUT2D eigenvalue weighted by Gasteiger charge is -2.03. The number of nitrogens with one attached hydrogen (secondary N) is 4. The molecular formula is C32H18N8S8. The van der Waals surface area contributed by atoms with E-state index in [1.165, 1.54) is 26.8 Å². The minimum atomic E-state index is 0.654. The van der Waals surface area contributed by atoms with Crippen LogP contribution in [0.1, 0.15) is 11.1 Å². The van der Waals surface area contributed by atoms with Crippen LogP contribution in [0.2, 0.25) is 0 Å². The van der Waals surface area contributed by atoms with Crippen LogP contribution in [0.25, 0.3) is 66.6 Å². The van der Waals surface area contributed by atoms with Gasteiger partial charge >= 0.3 is 0 Å². The lowest BCUT2D eigenvalue weighted by molar-refractivity contribution is 1.20. The van der Waals surface area contributed by atoms with Crippen molar-refractivity contribution >= 4 is 126 Å². The van der Waals surface area contributed by atoms with E-state index in [0.717, 1.165) is 44.6 Å². The number of fused-ring (bicyclic) bond motifs is 2. The van der Waals surface area contributed by atoms with E-state index in [9.17, 15) is 0 Å². The van der Waals surface area contributed by atoms with E-state index in [1.807, 2.05) is 35.9 Å². The molecule has 16 heteroatoms. The lowest BCUT2D eigenvalue weighted by atomic mass is 10.2. The molecule has 0 aliphatic carbocycles. The highest BCUT2D eigenvalue weighted by atomic mass is 32.2. The van der Waals surface area contributed by atoms with E-state index in [-0.39, 0.29) is 0 Å². The second-order valence-corrected chi connectivity index (χ2v) is 19.0. The predicted octanol–water partition coefficient (Wildman–Crippen LogP) is 11.6. The Kier molecular flexibility index (Phi) is 7.74. The third-order valence-electron chi connectivity index (χ3n) is 7.50. The van der Waals surface area contributed by atoms with Gasteiger partial charge in [-0.15, -0.1) is 0 Å². The zero-order chi connectivity index (χ0) is 31.6. The molecule has 4 aliphatic rings. The minimum Gasteiger partial charge on any atom is -0.341 e. The largest absolute Gasteiger partial charge is 0.341 e.